The number of halogens is 1. The number of nitrogens with zero attached hydrogens (tertiary/aromatic N) is 2. The van der Waals surface area contributed by atoms with E-state index < -0.39 is 4.92 Å². The van der Waals surface area contributed by atoms with Crippen LogP contribution in [0.2, 0.25) is 5.02 Å². The maximum Gasteiger partial charge on any atom is 0.298 e. The highest BCUT2D eigenvalue weighted by atomic mass is 35.5. The van der Waals surface area contributed by atoms with Crippen molar-refractivity contribution >= 4 is 17.3 Å². The summed E-state index contributed by atoms with van der Waals surface area (Å²) >= 11 is 5.62. The summed E-state index contributed by atoms with van der Waals surface area (Å²) in [6.07, 6.45) is 0. The number of nitro benzene ring substituents is 1. The normalized spacial score (nSPS) is 9.23. The van der Waals surface area contributed by atoms with E-state index in [0.717, 1.165) is 0 Å². The first kappa shape index (κ1) is 9.49. The van der Waals surface area contributed by atoms with Gasteiger partial charge in [-0.1, -0.05) is 17.7 Å². The van der Waals surface area contributed by atoms with Crippen LogP contribution < -0.4 is 0 Å². The molecule has 66 valence electrons. The zero-order valence-corrected chi connectivity index (χ0v) is 7.28. The van der Waals surface area contributed by atoms with E-state index in [0.29, 0.717) is 5.56 Å². The molecule has 0 unspecified atom stereocenters. The molecule has 4 nitrogen and oxygen atoms in total. The lowest BCUT2D eigenvalue weighted by molar-refractivity contribution is -0.385. The SMILES string of the molecule is [C-]#[N+]Cc1cccc(Cl)c1[N+](=O)[O-]. The molecule has 1 aromatic carbocycles. The van der Waals surface area contributed by atoms with Crippen molar-refractivity contribution in [2.45, 2.75) is 6.54 Å². The minimum atomic E-state index is -0.567. The minimum absolute atomic E-state index is 0.0170. The van der Waals surface area contributed by atoms with Crippen LogP contribution in [0.3, 0.4) is 0 Å². The first-order valence-corrected chi connectivity index (χ1v) is 3.79. The van der Waals surface area contributed by atoms with Crippen LogP contribution in [0.25, 0.3) is 4.85 Å². The van der Waals surface area contributed by atoms with Gasteiger partial charge >= 0.3 is 0 Å². The van der Waals surface area contributed by atoms with Gasteiger partial charge in [0.25, 0.3) is 5.69 Å². The molecule has 0 N–H and O–H groups in total. The number of hydrogen-bond donors (Lipinski definition) is 0. The molecule has 13 heavy (non-hydrogen) atoms. The Hall–Kier alpha value is -1.60. The lowest BCUT2D eigenvalue weighted by atomic mass is 10.2. The third-order valence-corrected chi connectivity index (χ3v) is 1.81. The first-order valence-electron chi connectivity index (χ1n) is 3.42. The van der Waals surface area contributed by atoms with Crippen molar-refractivity contribution in [1.29, 1.82) is 0 Å². The molecule has 1 aromatic rings. The molecular formula is C8H5ClN2O2. The molecule has 0 radical (unpaired) electrons. The van der Waals surface area contributed by atoms with E-state index in [-0.39, 0.29) is 17.3 Å². The Labute approximate surface area is 79.7 Å². The van der Waals surface area contributed by atoms with Crippen molar-refractivity contribution in [3.63, 3.8) is 0 Å². The topological polar surface area (TPSA) is 47.5 Å². The van der Waals surface area contributed by atoms with Crippen LogP contribution in [-0.4, -0.2) is 4.92 Å². The minimum Gasteiger partial charge on any atom is -0.311 e. The van der Waals surface area contributed by atoms with E-state index >= 15 is 0 Å². The maximum atomic E-state index is 10.5. The van der Waals surface area contributed by atoms with Crippen LogP contribution in [0, 0.1) is 16.7 Å². The van der Waals surface area contributed by atoms with Crippen molar-refractivity contribution in [1.82, 2.24) is 0 Å². The Morgan fingerprint density at radius 2 is 2.31 bits per heavy atom. The van der Waals surface area contributed by atoms with Crippen LogP contribution in [0.15, 0.2) is 18.2 Å². The molecule has 1 rings (SSSR count). The first-order chi connectivity index (χ1) is 6.16. The van der Waals surface area contributed by atoms with Gasteiger partial charge in [0.2, 0.25) is 6.54 Å². The van der Waals surface area contributed by atoms with E-state index in [9.17, 15) is 10.1 Å². The maximum absolute atomic E-state index is 10.5. The molecule has 0 spiro atoms. The van der Waals surface area contributed by atoms with Gasteiger partial charge in [-0.05, 0) is 12.1 Å². The number of rotatable bonds is 2. The predicted molar refractivity (Wildman–Crippen MR) is 48.4 cm³/mol. The summed E-state index contributed by atoms with van der Waals surface area (Å²) < 4.78 is 0. The quantitative estimate of drug-likeness (QED) is 0.415. The van der Waals surface area contributed by atoms with Gasteiger partial charge in [0.1, 0.15) is 10.6 Å². The van der Waals surface area contributed by atoms with Crippen LogP contribution >= 0.6 is 11.6 Å². The van der Waals surface area contributed by atoms with Gasteiger partial charge in [-0.3, -0.25) is 10.1 Å². The fourth-order valence-corrected chi connectivity index (χ4v) is 1.24. The van der Waals surface area contributed by atoms with Gasteiger partial charge < -0.3 is 4.85 Å². The lowest BCUT2D eigenvalue weighted by Crippen LogP contribution is -1.94. The van der Waals surface area contributed by atoms with Gasteiger partial charge in [0.05, 0.1) is 4.92 Å². The molecule has 0 fully saturated rings. The number of para-hydroxylation sites is 1. The smallest absolute Gasteiger partial charge is 0.298 e. The van der Waals surface area contributed by atoms with E-state index in [1.165, 1.54) is 12.1 Å². The van der Waals surface area contributed by atoms with Crippen molar-refractivity contribution < 1.29 is 4.92 Å². The molecule has 0 saturated heterocycles. The third-order valence-electron chi connectivity index (χ3n) is 1.50. The van der Waals surface area contributed by atoms with E-state index in [2.05, 4.69) is 4.85 Å². The Bertz CT molecular complexity index is 384. The van der Waals surface area contributed by atoms with Crippen LogP contribution in [-0.2, 0) is 6.54 Å². The second-order valence-corrected chi connectivity index (χ2v) is 2.73. The van der Waals surface area contributed by atoms with Crippen molar-refractivity contribution in [2.75, 3.05) is 0 Å². The summed E-state index contributed by atoms with van der Waals surface area (Å²) in [6, 6.07) is 4.56. The van der Waals surface area contributed by atoms with Crippen molar-refractivity contribution in [2.24, 2.45) is 0 Å². The second-order valence-electron chi connectivity index (χ2n) is 2.32. The molecule has 0 aliphatic carbocycles. The summed E-state index contributed by atoms with van der Waals surface area (Å²) in [5.41, 5.74) is 0.188. The highest BCUT2D eigenvalue weighted by Gasteiger charge is 2.19. The summed E-state index contributed by atoms with van der Waals surface area (Å²) in [7, 11) is 0. The van der Waals surface area contributed by atoms with Crippen LogP contribution in [0.4, 0.5) is 5.69 Å². The average Bonchev–Trinajstić information content (AvgIpc) is 2.04. The fraction of sp³-hybridized carbons (Fsp3) is 0.125. The molecular weight excluding hydrogens is 192 g/mol. The summed E-state index contributed by atoms with van der Waals surface area (Å²) in [5, 5.41) is 10.6. The Kier molecular flexibility index (Phi) is 2.83. The van der Waals surface area contributed by atoms with Gasteiger partial charge in [-0.15, -0.1) is 0 Å². The van der Waals surface area contributed by atoms with E-state index in [4.69, 9.17) is 18.2 Å². The summed E-state index contributed by atoms with van der Waals surface area (Å²) in [5.74, 6) is 0. The standard InChI is InChI=1S/C8H5ClN2O2/c1-10-5-6-3-2-4-7(9)8(6)11(12)13/h2-4H,5H2. The molecule has 0 heterocycles. The molecule has 0 aromatic heterocycles. The number of nitro groups is 1. The fourth-order valence-electron chi connectivity index (χ4n) is 0.977. The average molecular weight is 197 g/mol. The van der Waals surface area contributed by atoms with E-state index in [1.54, 1.807) is 6.07 Å². The molecule has 0 saturated carbocycles. The molecule has 0 aliphatic heterocycles. The number of benzene rings is 1. The van der Waals surface area contributed by atoms with E-state index in [1.807, 2.05) is 0 Å². The molecule has 0 bridgehead atoms. The van der Waals surface area contributed by atoms with Gasteiger partial charge in [0.15, 0.2) is 0 Å². The molecule has 0 amide bonds. The summed E-state index contributed by atoms with van der Waals surface area (Å²) in [6.45, 7) is 6.59. The van der Waals surface area contributed by atoms with Crippen LogP contribution in [0.5, 0.6) is 0 Å². The van der Waals surface area contributed by atoms with Gasteiger partial charge in [0, 0.05) is 0 Å². The highest BCUT2D eigenvalue weighted by Crippen LogP contribution is 2.28. The number of hydrogen-bond acceptors (Lipinski definition) is 2. The largest absolute Gasteiger partial charge is 0.311 e. The molecule has 0 atom stereocenters. The highest BCUT2D eigenvalue weighted by molar-refractivity contribution is 6.32. The zero-order chi connectivity index (χ0) is 9.84. The summed E-state index contributed by atoms with van der Waals surface area (Å²) in [4.78, 5) is 13.0. The van der Waals surface area contributed by atoms with Gasteiger partial charge in [-0.2, -0.15) is 0 Å². The van der Waals surface area contributed by atoms with Crippen molar-refractivity contribution in [3.05, 3.63) is 50.3 Å². The Balaban J connectivity index is 3.27. The Morgan fingerprint density at radius 1 is 1.62 bits per heavy atom. The predicted octanol–water partition coefficient (Wildman–Crippen LogP) is 2.67. The molecule has 0 aliphatic rings. The monoisotopic (exact) mass is 196 g/mol. The zero-order valence-electron chi connectivity index (χ0n) is 6.53. The van der Waals surface area contributed by atoms with Crippen molar-refractivity contribution in [3.8, 4) is 0 Å². The van der Waals surface area contributed by atoms with Gasteiger partial charge in [-0.25, -0.2) is 6.57 Å². The second kappa shape index (κ2) is 3.87. The third kappa shape index (κ3) is 1.95. The molecule has 5 heteroatoms. The Morgan fingerprint density at radius 3 is 2.85 bits per heavy atom. The lowest BCUT2D eigenvalue weighted by Gasteiger charge is -1.97. The van der Waals surface area contributed by atoms with Crippen LogP contribution in [0.1, 0.15) is 5.56 Å².